The molecule has 1 heterocycles. The van der Waals surface area contributed by atoms with Crippen molar-refractivity contribution >= 4 is 34.7 Å². The van der Waals surface area contributed by atoms with Crippen LogP contribution >= 0.6 is 23.2 Å². The van der Waals surface area contributed by atoms with Crippen LogP contribution in [0.15, 0.2) is 18.3 Å². The molecule has 0 spiro atoms. The Kier molecular flexibility index (Phi) is 2.86. The molecule has 0 aliphatic heterocycles. The highest BCUT2D eigenvalue weighted by Gasteiger charge is 2.21. The van der Waals surface area contributed by atoms with Gasteiger partial charge >= 0.3 is 0 Å². The van der Waals surface area contributed by atoms with E-state index in [1.165, 1.54) is 18.3 Å². The summed E-state index contributed by atoms with van der Waals surface area (Å²) in [6.07, 6.45) is 1.32. The van der Waals surface area contributed by atoms with Gasteiger partial charge in [-0.05, 0) is 6.07 Å². The molecule has 7 nitrogen and oxygen atoms in total. The molecular weight excluding hydrogens is 269 g/mol. The molecule has 17 heavy (non-hydrogen) atoms. The van der Waals surface area contributed by atoms with Gasteiger partial charge in [0.1, 0.15) is 0 Å². The summed E-state index contributed by atoms with van der Waals surface area (Å²) in [5, 5.41) is 18.3. The number of halogens is 2. The zero-order chi connectivity index (χ0) is 12.6. The molecule has 2 rings (SSSR count). The molecule has 2 aromatic rings. The molecule has 0 amide bonds. The van der Waals surface area contributed by atoms with Crippen LogP contribution in [-0.2, 0) is 0 Å². The number of hydrogen-bond donors (Lipinski definition) is 1. The van der Waals surface area contributed by atoms with Gasteiger partial charge in [0.05, 0.1) is 16.1 Å². The van der Waals surface area contributed by atoms with E-state index < -0.39 is 4.92 Å². The number of aromatic nitrogens is 3. The van der Waals surface area contributed by atoms with Gasteiger partial charge in [0.25, 0.3) is 5.69 Å². The van der Waals surface area contributed by atoms with Crippen LogP contribution < -0.4 is 5.73 Å². The van der Waals surface area contributed by atoms with E-state index in [0.29, 0.717) is 0 Å². The Morgan fingerprint density at radius 1 is 1.41 bits per heavy atom. The third-order valence-electron chi connectivity index (χ3n) is 1.94. The first-order chi connectivity index (χ1) is 7.99. The Morgan fingerprint density at radius 3 is 2.65 bits per heavy atom. The maximum Gasteiger partial charge on any atom is 0.297 e. The van der Waals surface area contributed by atoms with Crippen LogP contribution in [0.5, 0.6) is 0 Å². The van der Waals surface area contributed by atoms with Gasteiger partial charge in [0, 0.05) is 11.1 Å². The average molecular weight is 274 g/mol. The molecule has 88 valence electrons. The van der Waals surface area contributed by atoms with Crippen molar-refractivity contribution in [2.75, 3.05) is 5.73 Å². The number of rotatable bonds is 2. The van der Waals surface area contributed by atoms with E-state index in [4.69, 9.17) is 28.9 Å². The van der Waals surface area contributed by atoms with Crippen LogP contribution in [0.3, 0.4) is 0 Å². The predicted molar refractivity (Wildman–Crippen MR) is 62.4 cm³/mol. The van der Waals surface area contributed by atoms with Crippen LogP contribution in [0, 0.1) is 10.1 Å². The third-order valence-corrected chi connectivity index (χ3v) is 2.45. The van der Waals surface area contributed by atoms with Gasteiger partial charge in [-0.25, -0.2) is 4.68 Å². The number of nitrogens with two attached hydrogens (primary N) is 1. The fraction of sp³-hybridized carbons (Fsp3) is 0. The number of benzene rings is 1. The van der Waals surface area contributed by atoms with Crippen LogP contribution in [0.2, 0.25) is 10.0 Å². The van der Waals surface area contributed by atoms with E-state index in [1.807, 2.05) is 0 Å². The lowest BCUT2D eigenvalue weighted by atomic mass is 10.2. The van der Waals surface area contributed by atoms with Gasteiger partial charge in [-0.1, -0.05) is 28.4 Å². The Labute approximate surface area is 105 Å². The predicted octanol–water partition coefficient (Wildman–Crippen LogP) is 2.06. The average Bonchev–Trinajstić information content (AvgIpc) is 2.63. The van der Waals surface area contributed by atoms with E-state index in [9.17, 15) is 10.1 Å². The molecule has 0 saturated carbocycles. The van der Waals surface area contributed by atoms with Crippen molar-refractivity contribution in [3.8, 4) is 5.69 Å². The first-order valence-electron chi connectivity index (χ1n) is 4.30. The van der Waals surface area contributed by atoms with E-state index in [1.54, 1.807) is 0 Å². The van der Waals surface area contributed by atoms with Crippen LogP contribution in [0.4, 0.5) is 11.5 Å². The topological polar surface area (TPSA) is 99.9 Å². The molecule has 0 atom stereocenters. The van der Waals surface area contributed by atoms with E-state index in [0.717, 1.165) is 4.68 Å². The lowest BCUT2D eigenvalue weighted by Gasteiger charge is -2.04. The van der Waals surface area contributed by atoms with Crippen LogP contribution in [-0.4, -0.2) is 19.9 Å². The van der Waals surface area contributed by atoms with Crippen LogP contribution in [0.1, 0.15) is 0 Å². The summed E-state index contributed by atoms with van der Waals surface area (Å²) in [5.41, 5.74) is 5.19. The Balaban J connectivity index is 2.71. The molecule has 0 fully saturated rings. The van der Waals surface area contributed by atoms with Gasteiger partial charge in [-0.15, -0.1) is 5.10 Å². The molecule has 1 aromatic carbocycles. The fourth-order valence-electron chi connectivity index (χ4n) is 1.30. The van der Waals surface area contributed by atoms with Crippen molar-refractivity contribution in [1.29, 1.82) is 0 Å². The Hall–Kier alpha value is -1.86. The second-order valence-electron chi connectivity index (χ2n) is 3.10. The van der Waals surface area contributed by atoms with E-state index in [2.05, 4.69) is 10.3 Å². The molecule has 0 aliphatic carbocycles. The summed E-state index contributed by atoms with van der Waals surface area (Å²) in [4.78, 5) is 10.3. The lowest BCUT2D eigenvalue weighted by molar-refractivity contribution is -0.384. The van der Waals surface area contributed by atoms with Gasteiger partial charge in [0.2, 0.25) is 0 Å². The number of nitro groups is 1. The smallest absolute Gasteiger partial charge is 0.297 e. The number of nitrogen functional groups attached to an aromatic ring is 1. The summed E-state index contributed by atoms with van der Waals surface area (Å²) in [7, 11) is 0. The van der Waals surface area contributed by atoms with E-state index >= 15 is 0 Å². The molecule has 0 saturated heterocycles. The van der Waals surface area contributed by atoms with Gasteiger partial charge in [0.15, 0.2) is 11.5 Å². The lowest BCUT2D eigenvalue weighted by Crippen LogP contribution is -2.02. The fourth-order valence-corrected chi connectivity index (χ4v) is 1.87. The minimum Gasteiger partial charge on any atom is -0.381 e. The highest BCUT2D eigenvalue weighted by atomic mass is 35.5. The second kappa shape index (κ2) is 4.19. The quantitative estimate of drug-likeness (QED) is 0.667. The molecule has 9 heteroatoms. The maximum absolute atomic E-state index is 10.9. The maximum atomic E-state index is 10.9. The summed E-state index contributed by atoms with van der Waals surface area (Å²) < 4.78 is 1.13. The highest BCUT2D eigenvalue weighted by Crippen LogP contribution is 2.33. The number of nitrogens with zero attached hydrogens (tertiary/aromatic N) is 4. The van der Waals surface area contributed by atoms with Crippen molar-refractivity contribution in [2.24, 2.45) is 0 Å². The third kappa shape index (κ3) is 2.15. The zero-order valence-corrected chi connectivity index (χ0v) is 9.68. The van der Waals surface area contributed by atoms with Crippen molar-refractivity contribution in [2.45, 2.75) is 0 Å². The first kappa shape index (κ1) is 11.6. The molecule has 0 radical (unpaired) electrons. The molecule has 0 unspecified atom stereocenters. The van der Waals surface area contributed by atoms with Crippen molar-refractivity contribution in [3.05, 3.63) is 38.5 Å². The monoisotopic (exact) mass is 273 g/mol. The van der Waals surface area contributed by atoms with Crippen molar-refractivity contribution in [1.82, 2.24) is 15.0 Å². The number of nitro benzene ring substituents is 1. The minimum atomic E-state index is -0.606. The molecule has 1 aromatic heterocycles. The van der Waals surface area contributed by atoms with Crippen molar-refractivity contribution < 1.29 is 4.92 Å². The molecule has 2 N–H and O–H groups in total. The van der Waals surface area contributed by atoms with Crippen LogP contribution in [0.25, 0.3) is 5.69 Å². The summed E-state index contributed by atoms with van der Waals surface area (Å²) in [6, 6.07) is 2.56. The zero-order valence-electron chi connectivity index (χ0n) is 8.17. The van der Waals surface area contributed by atoms with Crippen molar-refractivity contribution in [3.63, 3.8) is 0 Å². The largest absolute Gasteiger partial charge is 0.381 e. The standard InChI is InChI=1S/C8H5Cl2N5O2/c9-4-1-5(10)8(6(2-4)15(16)17)14-3-7(11)12-13-14/h1-3H,11H2. The normalized spacial score (nSPS) is 10.5. The van der Waals surface area contributed by atoms with Gasteiger partial charge in [-0.3, -0.25) is 10.1 Å². The summed E-state index contributed by atoms with van der Waals surface area (Å²) in [6.45, 7) is 0. The van der Waals surface area contributed by atoms with Gasteiger partial charge < -0.3 is 5.73 Å². The summed E-state index contributed by atoms with van der Waals surface area (Å²) in [5.74, 6) is 0.130. The minimum absolute atomic E-state index is 0.0743. The Bertz CT molecular complexity index is 598. The van der Waals surface area contributed by atoms with Gasteiger partial charge in [-0.2, -0.15) is 0 Å². The number of anilines is 1. The molecular formula is C8H5Cl2N5O2. The van der Waals surface area contributed by atoms with E-state index in [-0.39, 0.29) is 27.2 Å². The molecule has 0 aliphatic rings. The molecule has 0 bridgehead atoms. The number of hydrogen-bond acceptors (Lipinski definition) is 5. The summed E-state index contributed by atoms with van der Waals surface area (Å²) >= 11 is 11.6. The second-order valence-corrected chi connectivity index (χ2v) is 3.94. The SMILES string of the molecule is Nc1cn(-c2c(Cl)cc(Cl)cc2[N+](=O)[O-])nn1. The first-order valence-corrected chi connectivity index (χ1v) is 5.06. The Morgan fingerprint density at radius 2 is 2.12 bits per heavy atom. The highest BCUT2D eigenvalue weighted by molar-refractivity contribution is 6.36.